The molecule has 1 aliphatic rings. The first-order valence-corrected chi connectivity index (χ1v) is 7.95. The average Bonchev–Trinajstić information content (AvgIpc) is 3.36. The molecule has 1 heterocycles. The van der Waals surface area contributed by atoms with E-state index in [0.717, 1.165) is 18.5 Å². The number of methoxy groups -OCH3 is 1. The molecule has 3 rings (SSSR count). The lowest BCUT2D eigenvalue weighted by Gasteiger charge is -2.28. The van der Waals surface area contributed by atoms with E-state index >= 15 is 0 Å². The Hall–Kier alpha value is -1.45. The summed E-state index contributed by atoms with van der Waals surface area (Å²) in [6.07, 6.45) is 5.79. The lowest BCUT2D eigenvalue weighted by molar-refractivity contribution is 0.0510. The first-order chi connectivity index (χ1) is 10.3. The van der Waals surface area contributed by atoms with Crippen LogP contribution < -0.4 is 5.32 Å². The Morgan fingerprint density at radius 3 is 2.81 bits per heavy atom. The van der Waals surface area contributed by atoms with Crippen molar-refractivity contribution >= 4 is 10.9 Å². The second kappa shape index (κ2) is 6.54. The summed E-state index contributed by atoms with van der Waals surface area (Å²) >= 11 is 0. The van der Waals surface area contributed by atoms with E-state index in [0.29, 0.717) is 5.92 Å². The maximum absolute atomic E-state index is 5.85. The molecule has 1 saturated carbocycles. The third kappa shape index (κ3) is 3.09. The molecular weight excluding hydrogens is 260 g/mol. The van der Waals surface area contributed by atoms with Gasteiger partial charge in [-0.05, 0) is 43.4 Å². The molecule has 112 valence electrons. The molecule has 0 aliphatic heterocycles. The minimum Gasteiger partial charge on any atom is -0.379 e. The highest BCUT2D eigenvalue weighted by Crippen LogP contribution is 2.40. The van der Waals surface area contributed by atoms with Crippen molar-refractivity contribution in [3.63, 3.8) is 0 Å². The SMILES string of the molecule is CCCNC(c1cccc2cccnc12)C(OC)C1CC1. The van der Waals surface area contributed by atoms with Crippen LogP contribution in [0.25, 0.3) is 10.9 Å². The van der Waals surface area contributed by atoms with Gasteiger partial charge in [-0.25, -0.2) is 0 Å². The first kappa shape index (κ1) is 14.5. The Balaban J connectivity index is 2.00. The third-order valence-electron chi connectivity index (χ3n) is 4.30. The molecule has 1 aromatic heterocycles. The van der Waals surface area contributed by atoms with Gasteiger partial charge in [-0.3, -0.25) is 4.98 Å². The van der Waals surface area contributed by atoms with Gasteiger partial charge < -0.3 is 10.1 Å². The summed E-state index contributed by atoms with van der Waals surface area (Å²) in [7, 11) is 1.84. The Morgan fingerprint density at radius 1 is 1.29 bits per heavy atom. The predicted molar refractivity (Wildman–Crippen MR) is 86.3 cm³/mol. The molecular formula is C18H24N2O. The van der Waals surface area contributed by atoms with Crippen LogP contribution in [0.2, 0.25) is 0 Å². The maximum Gasteiger partial charge on any atom is 0.0794 e. The van der Waals surface area contributed by atoms with E-state index in [4.69, 9.17) is 4.74 Å². The van der Waals surface area contributed by atoms with E-state index in [1.165, 1.54) is 23.8 Å². The highest BCUT2D eigenvalue weighted by atomic mass is 16.5. The maximum atomic E-state index is 5.85. The molecule has 1 aliphatic carbocycles. The third-order valence-corrected chi connectivity index (χ3v) is 4.30. The van der Waals surface area contributed by atoms with E-state index in [1.54, 1.807) is 0 Å². The Bertz CT molecular complexity index is 589. The van der Waals surface area contributed by atoms with Crippen LogP contribution in [0.1, 0.15) is 37.8 Å². The van der Waals surface area contributed by atoms with Gasteiger partial charge in [0.2, 0.25) is 0 Å². The Morgan fingerprint density at radius 2 is 2.10 bits per heavy atom. The average molecular weight is 284 g/mol. The van der Waals surface area contributed by atoms with E-state index < -0.39 is 0 Å². The van der Waals surface area contributed by atoms with Crippen LogP contribution in [0.15, 0.2) is 36.5 Å². The standard InChI is InChI=1S/C18H24N2O/c1-3-11-19-17(18(21-2)14-9-10-14)15-8-4-6-13-7-5-12-20-16(13)15/h4-8,12,14,17-19H,3,9-11H2,1-2H3. The summed E-state index contributed by atoms with van der Waals surface area (Å²) in [5.41, 5.74) is 2.36. The number of ether oxygens (including phenoxy) is 1. The number of rotatable bonds is 7. The summed E-state index contributed by atoms with van der Waals surface area (Å²) in [6.45, 7) is 3.20. The number of pyridine rings is 1. The molecule has 0 radical (unpaired) electrons. The van der Waals surface area contributed by atoms with Crippen LogP contribution in [0.5, 0.6) is 0 Å². The van der Waals surface area contributed by atoms with Crippen LogP contribution in [-0.2, 0) is 4.74 Å². The van der Waals surface area contributed by atoms with Crippen LogP contribution in [0, 0.1) is 5.92 Å². The summed E-state index contributed by atoms with van der Waals surface area (Å²) in [4.78, 5) is 4.61. The zero-order valence-corrected chi connectivity index (χ0v) is 12.9. The number of hydrogen-bond donors (Lipinski definition) is 1. The van der Waals surface area contributed by atoms with Crippen LogP contribution in [-0.4, -0.2) is 24.7 Å². The summed E-state index contributed by atoms with van der Waals surface area (Å²) in [6, 6.07) is 10.8. The molecule has 0 bridgehead atoms. The van der Waals surface area contributed by atoms with E-state index in [9.17, 15) is 0 Å². The van der Waals surface area contributed by atoms with Crippen molar-refractivity contribution in [1.82, 2.24) is 10.3 Å². The molecule has 0 saturated heterocycles. The van der Waals surface area contributed by atoms with Crippen molar-refractivity contribution in [3.8, 4) is 0 Å². The minimum absolute atomic E-state index is 0.223. The zero-order chi connectivity index (χ0) is 14.7. The number of benzene rings is 1. The highest BCUT2D eigenvalue weighted by molar-refractivity contribution is 5.82. The van der Waals surface area contributed by atoms with Crippen molar-refractivity contribution in [2.24, 2.45) is 5.92 Å². The van der Waals surface area contributed by atoms with Crippen molar-refractivity contribution in [2.75, 3.05) is 13.7 Å². The fraction of sp³-hybridized carbons (Fsp3) is 0.500. The van der Waals surface area contributed by atoms with Gasteiger partial charge in [0.05, 0.1) is 17.7 Å². The molecule has 1 fully saturated rings. The largest absolute Gasteiger partial charge is 0.379 e. The van der Waals surface area contributed by atoms with Crippen LogP contribution in [0.4, 0.5) is 0 Å². The molecule has 3 heteroatoms. The second-order valence-electron chi connectivity index (χ2n) is 5.89. The number of para-hydroxylation sites is 1. The van der Waals surface area contributed by atoms with Gasteiger partial charge in [0.1, 0.15) is 0 Å². The van der Waals surface area contributed by atoms with Gasteiger partial charge in [0.25, 0.3) is 0 Å². The van der Waals surface area contributed by atoms with Gasteiger partial charge in [-0.2, -0.15) is 0 Å². The zero-order valence-electron chi connectivity index (χ0n) is 12.9. The fourth-order valence-corrected chi connectivity index (χ4v) is 3.11. The molecule has 1 N–H and O–H groups in total. The van der Waals surface area contributed by atoms with Crippen LogP contribution >= 0.6 is 0 Å². The quantitative estimate of drug-likeness (QED) is 0.842. The van der Waals surface area contributed by atoms with Crippen molar-refractivity contribution in [2.45, 2.75) is 38.3 Å². The number of nitrogens with one attached hydrogen (secondary N) is 1. The van der Waals surface area contributed by atoms with E-state index in [1.807, 2.05) is 19.4 Å². The molecule has 21 heavy (non-hydrogen) atoms. The molecule has 0 spiro atoms. The smallest absolute Gasteiger partial charge is 0.0794 e. The van der Waals surface area contributed by atoms with Crippen LogP contribution in [0.3, 0.4) is 0 Å². The Kier molecular flexibility index (Phi) is 4.51. The molecule has 2 atom stereocenters. The summed E-state index contributed by atoms with van der Waals surface area (Å²) in [5, 5.41) is 4.88. The summed E-state index contributed by atoms with van der Waals surface area (Å²) < 4.78 is 5.85. The molecule has 2 aromatic rings. The number of fused-ring (bicyclic) bond motifs is 1. The van der Waals surface area contributed by atoms with E-state index in [-0.39, 0.29) is 12.1 Å². The summed E-state index contributed by atoms with van der Waals surface area (Å²) in [5.74, 6) is 0.684. The lowest BCUT2D eigenvalue weighted by atomic mass is 9.95. The van der Waals surface area contributed by atoms with Gasteiger partial charge in [0, 0.05) is 18.7 Å². The molecule has 3 nitrogen and oxygen atoms in total. The normalized spacial score (nSPS) is 17.8. The highest BCUT2D eigenvalue weighted by Gasteiger charge is 2.37. The van der Waals surface area contributed by atoms with Gasteiger partial charge >= 0.3 is 0 Å². The Labute approximate surface area is 126 Å². The molecule has 0 amide bonds. The monoisotopic (exact) mass is 284 g/mol. The first-order valence-electron chi connectivity index (χ1n) is 7.95. The van der Waals surface area contributed by atoms with Gasteiger partial charge in [0.15, 0.2) is 0 Å². The van der Waals surface area contributed by atoms with Gasteiger partial charge in [-0.1, -0.05) is 31.2 Å². The minimum atomic E-state index is 0.223. The number of nitrogens with zero attached hydrogens (tertiary/aromatic N) is 1. The number of aromatic nitrogens is 1. The topological polar surface area (TPSA) is 34.2 Å². The predicted octanol–water partition coefficient (Wildman–Crippen LogP) is 3.70. The fourth-order valence-electron chi connectivity index (χ4n) is 3.11. The molecule has 1 aromatic carbocycles. The van der Waals surface area contributed by atoms with Crippen molar-refractivity contribution in [3.05, 3.63) is 42.1 Å². The second-order valence-corrected chi connectivity index (χ2v) is 5.89. The number of hydrogen-bond acceptors (Lipinski definition) is 3. The van der Waals surface area contributed by atoms with Crippen molar-refractivity contribution in [1.29, 1.82) is 0 Å². The molecule has 2 unspecified atom stereocenters. The van der Waals surface area contributed by atoms with Gasteiger partial charge in [-0.15, -0.1) is 0 Å². The van der Waals surface area contributed by atoms with E-state index in [2.05, 4.69) is 41.5 Å². The van der Waals surface area contributed by atoms with Crippen molar-refractivity contribution < 1.29 is 4.74 Å². The lowest BCUT2D eigenvalue weighted by Crippen LogP contribution is -2.35.